The molecule has 0 radical (unpaired) electrons. The maximum atomic E-state index is 12.5. The van der Waals surface area contributed by atoms with Crippen molar-refractivity contribution in [2.24, 2.45) is 0 Å². The molecule has 0 fully saturated rings. The number of rotatable bonds is 4. The number of carbonyl (C=O) groups excluding carboxylic acids is 1. The molecule has 0 saturated heterocycles. The topological polar surface area (TPSA) is 64.4 Å². The maximum absolute atomic E-state index is 12.5. The number of fused-ring (bicyclic) bond motifs is 1. The lowest BCUT2D eigenvalue weighted by Gasteiger charge is -2.06. The smallest absolute Gasteiger partial charge is 0.255 e. The van der Waals surface area contributed by atoms with E-state index in [0.717, 1.165) is 10.0 Å². The van der Waals surface area contributed by atoms with E-state index in [1.165, 1.54) is 0 Å². The molecule has 0 atom stereocenters. The summed E-state index contributed by atoms with van der Waals surface area (Å²) < 4.78 is 11.9. The predicted octanol–water partition coefficient (Wildman–Crippen LogP) is 5.52. The third-order valence-corrected chi connectivity index (χ3v) is 4.54. The molecule has 134 valence electrons. The SMILES string of the molecule is COc1cccc(C(=O)Nc2ccc3oc(-c4cccc(Br)c4)nc3c2)c1. The van der Waals surface area contributed by atoms with Crippen molar-refractivity contribution < 1.29 is 13.9 Å². The van der Waals surface area contributed by atoms with Crippen molar-refractivity contribution in [3.63, 3.8) is 0 Å². The molecule has 4 rings (SSSR count). The van der Waals surface area contributed by atoms with Gasteiger partial charge in [0.1, 0.15) is 11.3 Å². The Morgan fingerprint density at radius 2 is 1.93 bits per heavy atom. The van der Waals surface area contributed by atoms with Crippen LogP contribution >= 0.6 is 15.9 Å². The lowest BCUT2D eigenvalue weighted by molar-refractivity contribution is 0.102. The molecule has 1 N–H and O–H groups in total. The minimum absolute atomic E-state index is 0.219. The summed E-state index contributed by atoms with van der Waals surface area (Å²) >= 11 is 3.45. The van der Waals surface area contributed by atoms with Crippen molar-refractivity contribution in [1.29, 1.82) is 0 Å². The molecule has 0 unspecified atom stereocenters. The van der Waals surface area contributed by atoms with Gasteiger partial charge in [0.2, 0.25) is 5.89 Å². The first-order valence-corrected chi connectivity index (χ1v) is 9.03. The highest BCUT2D eigenvalue weighted by Crippen LogP contribution is 2.28. The molecule has 0 aliphatic rings. The number of carbonyl (C=O) groups is 1. The summed E-state index contributed by atoms with van der Waals surface area (Å²) in [6, 6.07) is 20.1. The predicted molar refractivity (Wildman–Crippen MR) is 108 cm³/mol. The first kappa shape index (κ1) is 17.3. The summed E-state index contributed by atoms with van der Waals surface area (Å²) in [7, 11) is 1.57. The third-order valence-electron chi connectivity index (χ3n) is 4.05. The van der Waals surface area contributed by atoms with E-state index in [1.54, 1.807) is 49.6 Å². The number of nitrogens with zero attached hydrogens (tertiary/aromatic N) is 1. The zero-order valence-corrected chi connectivity index (χ0v) is 16.0. The van der Waals surface area contributed by atoms with Gasteiger partial charge >= 0.3 is 0 Å². The van der Waals surface area contributed by atoms with Gasteiger partial charge in [-0.3, -0.25) is 4.79 Å². The molecule has 27 heavy (non-hydrogen) atoms. The van der Waals surface area contributed by atoms with Crippen molar-refractivity contribution >= 4 is 38.6 Å². The third kappa shape index (κ3) is 3.71. The first-order chi connectivity index (χ1) is 13.1. The van der Waals surface area contributed by atoms with E-state index in [4.69, 9.17) is 9.15 Å². The number of hydrogen-bond donors (Lipinski definition) is 1. The van der Waals surface area contributed by atoms with Crippen LogP contribution in [0.3, 0.4) is 0 Å². The average Bonchev–Trinajstić information content (AvgIpc) is 3.11. The van der Waals surface area contributed by atoms with Crippen LogP contribution in [0.15, 0.2) is 75.6 Å². The molecular formula is C21H15BrN2O3. The number of amides is 1. The summed E-state index contributed by atoms with van der Waals surface area (Å²) in [6.45, 7) is 0. The molecule has 4 aromatic rings. The number of anilines is 1. The quantitative estimate of drug-likeness (QED) is 0.470. The van der Waals surface area contributed by atoms with Gasteiger partial charge in [0, 0.05) is 21.3 Å². The number of ether oxygens (including phenoxy) is 1. The Kier molecular flexibility index (Phi) is 4.64. The molecule has 0 spiro atoms. The number of halogens is 1. The van der Waals surface area contributed by atoms with Gasteiger partial charge in [-0.15, -0.1) is 0 Å². The van der Waals surface area contributed by atoms with Crippen molar-refractivity contribution in [2.75, 3.05) is 12.4 Å². The van der Waals surface area contributed by atoms with Gasteiger partial charge in [-0.2, -0.15) is 0 Å². The van der Waals surface area contributed by atoms with Gasteiger partial charge in [0.05, 0.1) is 7.11 Å². The van der Waals surface area contributed by atoms with Crippen LogP contribution < -0.4 is 10.1 Å². The molecule has 0 aliphatic carbocycles. The molecule has 1 amide bonds. The van der Waals surface area contributed by atoms with Crippen LogP contribution in [0.1, 0.15) is 10.4 Å². The lowest BCUT2D eigenvalue weighted by atomic mass is 10.2. The molecular weight excluding hydrogens is 408 g/mol. The van der Waals surface area contributed by atoms with Crippen molar-refractivity contribution in [2.45, 2.75) is 0 Å². The summed E-state index contributed by atoms with van der Waals surface area (Å²) in [6.07, 6.45) is 0. The second-order valence-electron chi connectivity index (χ2n) is 5.90. The van der Waals surface area contributed by atoms with Crippen LogP contribution in [-0.2, 0) is 0 Å². The van der Waals surface area contributed by atoms with Crippen LogP contribution in [0.4, 0.5) is 5.69 Å². The Morgan fingerprint density at radius 1 is 1.07 bits per heavy atom. The number of methoxy groups -OCH3 is 1. The number of aromatic nitrogens is 1. The minimum Gasteiger partial charge on any atom is -0.497 e. The standard InChI is InChI=1S/C21H15BrN2O3/c1-26-17-7-3-4-13(11-17)20(25)23-16-8-9-19-18(12-16)24-21(27-19)14-5-2-6-15(22)10-14/h2-12H,1H3,(H,23,25). The Hall–Kier alpha value is -3.12. The second-order valence-corrected chi connectivity index (χ2v) is 6.81. The highest BCUT2D eigenvalue weighted by atomic mass is 79.9. The fourth-order valence-corrected chi connectivity index (χ4v) is 3.12. The molecule has 0 bridgehead atoms. The van der Waals surface area contributed by atoms with Gasteiger partial charge in [-0.1, -0.05) is 28.1 Å². The Bertz CT molecular complexity index is 1140. The van der Waals surface area contributed by atoms with Crippen molar-refractivity contribution in [1.82, 2.24) is 4.98 Å². The Labute approximate surface area is 164 Å². The Morgan fingerprint density at radius 3 is 2.74 bits per heavy atom. The molecule has 6 heteroatoms. The lowest BCUT2D eigenvalue weighted by Crippen LogP contribution is -2.11. The zero-order valence-electron chi connectivity index (χ0n) is 14.4. The average molecular weight is 423 g/mol. The van der Waals surface area contributed by atoms with Crippen LogP contribution in [0.25, 0.3) is 22.6 Å². The van der Waals surface area contributed by atoms with E-state index in [2.05, 4.69) is 26.2 Å². The first-order valence-electron chi connectivity index (χ1n) is 8.24. The fourth-order valence-electron chi connectivity index (χ4n) is 2.72. The van der Waals surface area contributed by atoms with E-state index in [0.29, 0.717) is 34.0 Å². The normalized spacial score (nSPS) is 10.7. The van der Waals surface area contributed by atoms with Crippen LogP contribution in [-0.4, -0.2) is 18.0 Å². The van der Waals surface area contributed by atoms with Gasteiger partial charge in [0.15, 0.2) is 5.58 Å². The largest absolute Gasteiger partial charge is 0.497 e. The zero-order chi connectivity index (χ0) is 18.8. The summed E-state index contributed by atoms with van der Waals surface area (Å²) in [5.74, 6) is 0.944. The van der Waals surface area contributed by atoms with Crippen LogP contribution in [0.5, 0.6) is 5.75 Å². The van der Waals surface area contributed by atoms with E-state index < -0.39 is 0 Å². The monoisotopic (exact) mass is 422 g/mol. The maximum Gasteiger partial charge on any atom is 0.255 e. The van der Waals surface area contributed by atoms with Crippen molar-refractivity contribution in [3.05, 3.63) is 76.8 Å². The minimum atomic E-state index is -0.219. The fraction of sp³-hybridized carbons (Fsp3) is 0.0476. The molecule has 5 nitrogen and oxygen atoms in total. The van der Waals surface area contributed by atoms with Crippen molar-refractivity contribution in [3.8, 4) is 17.2 Å². The number of nitrogens with one attached hydrogen (secondary N) is 1. The summed E-state index contributed by atoms with van der Waals surface area (Å²) in [5.41, 5.74) is 3.37. The van der Waals surface area contributed by atoms with E-state index in [1.807, 2.05) is 24.3 Å². The van der Waals surface area contributed by atoms with E-state index >= 15 is 0 Å². The number of hydrogen-bond acceptors (Lipinski definition) is 4. The van der Waals surface area contributed by atoms with Gasteiger partial charge < -0.3 is 14.5 Å². The van der Waals surface area contributed by atoms with Gasteiger partial charge in [0.25, 0.3) is 5.91 Å². The molecule has 1 aromatic heterocycles. The summed E-state index contributed by atoms with van der Waals surface area (Å²) in [4.78, 5) is 17.0. The summed E-state index contributed by atoms with van der Waals surface area (Å²) in [5, 5.41) is 2.88. The van der Waals surface area contributed by atoms with Crippen LogP contribution in [0, 0.1) is 0 Å². The van der Waals surface area contributed by atoms with E-state index in [-0.39, 0.29) is 5.91 Å². The van der Waals surface area contributed by atoms with E-state index in [9.17, 15) is 4.79 Å². The molecule has 3 aromatic carbocycles. The van der Waals surface area contributed by atoms with Crippen LogP contribution in [0.2, 0.25) is 0 Å². The molecule has 1 heterocycles. The highest BCUT2D eigenvalue weighted by Gasteiger charge is 2.11. The molecule has 0 saturated carbocycles. The van der Waals surface area contributed by atoms with Gasteiger partial charge in [-0.05, 0) is 54.6 Å². The highest BCUT2D eigenvalue weighted by molar-refractivity contribution is 9.10. The number of oxazole rings is 1. The Balaban J connectivity index is 1.60. The van der Waals surface area contributed by atoms with Gasteiger partial charge in [-0.25, -0.2) is 4.98 Å². The molecule has 0 aliphatic heterocycles. The number of benzene rings is 3. The second kappa shape index (κ2) is 7.25.